The molecule has 0 saturated carbocycles. The Morgan fingerprint density at radius 2 is 2.25 bits per heavy atom. The molecule has 0 bridgehead atoms. The van der Waals surface area contributed by atoms with Crippen molar-refractivity contribution in [2.24, 2.45) is 5.92 Å². The van der Waals surface area contributed by atoms with E-state index >= 15 is 0 Å². The van der Waals surface area contributed by atoms with Crippen LogP contribution in [0.4, 0.5) is 0 Å². The molecule has 12 heavy (non-hydrogen) atoms. The van der Waals surface area contributed by atoms with Gasteiger partial charge in [0.15, 0.2) is 0 Å². The van der Waals surface area contributed by atoms with Crippen LogP contribution in [0.3, 0.4) is 0 Å². The number of rotatable bonds is 3. The van der Waals surface area contributed by atoms with Crippen molar-refractivity contribution in [1.29, 1.82) is 0 Å². The largest absolute Gasteiger partial charge is 0.319 e. The summed E-state index contributed by atoms with van der Waals surface area (Å²) in [5.41, 5.74) is 0. The molecule has 2 heteroatoms. The number of piperidine rings is 1. The van der Waals surface area contributed by atoms with Gasteiger partial charge in [-0.05, 0) is 52.7 Å². The molecule has 0 aliphatic carbocycles. The van der Waals surface area contributed by atoms with Gasteiger partial charge in [-0.15, -0.1) is 0 Å². The Labute approximate surface area is 76.3 Å². The van der Waals surface area contributed by atoms with Crippen molar-refractivity contribution in [1.82, 2.24) is 10.2 Å². The van der Waals surface area contributed by atoms with Crippen LogP contribution in [0.25, 0.3) is 0 Å². The maximum absolute atomic E-state index is 3.27. The van der Waals surface area contributed by atoms with E-state index in [1.165, 1.54) is 32.5 Å². The fraction of sp³-hybridized carbons (Fsp3) is 1.00. The third-order valence-electron chi connectivity index (χ3n) is 2.77. The monoisotopic (exact) mass is 170 g/mol. The molecule has 72 valence electrons. The van der Waals surface area contributed by atoms with E-state index in [1.54, 1.807) is 0 Å². The van der Waals surface area contributed by atoms with Gasteiger partial charge in [-0.2, -0.15) is 0 Å². The topological polar surface area (TPSA) is 15.3 Å². The van der Waals surface area contributed by atoms with Gasteiger partial charge in [0.1, 0.15) is 0 Å². The molecule has 1 fully saturated rings. The highest BCUT2D eigenvalue weighted by Gasteiger charge is 2.20. The number of nitrogens with zero attached hydrogens (tertiary/aromatic N) is 1. The van der Waals surface area contributed by atoms with Crippen LogP contribution < -0.4 is 5.32 Å². The van der Waals surface area contributed by atoms with E-state index in [-0.39, 0.29) is 0 Å². The van der Waals surface area contributed by atoms with Gasteiger partial charge in [0.2, 0.25) is 0 Å². The quantitative estimate of drug-likeness (QED) is 0.687. The van der Waals surface area contributed by atoms with E-state index in [2.05, 4.69) is 24.1 Å². The first kappa shape index (κ1) is 10.0. The summed E-state index contributed by atoms with van der Waals surface area (Å²) in [4.78, 5) is 2.59. The van der Waals surface area contributed by atoms with Crippen molar-refractivity contribution < 1.29 is 0 Å². The van der Waals surface area contributed by atoms with Crippen molar-refractivity contribution in [3.63, 3.8) is 0 Å². The molecular formula is C10H22N2. The lowest BCUT2D eigenvalue weighted by Crippen LogP contribution is -2.42. The zero-order valence-electron chi connectivity index (χ0n) is 8.64. The van der Waals surface area contributed by atoms with Gasteiger partial charge in [-0.3, -0.25) is 0 Å². The summed E-state index contributed by atoms with van der Waals surface area (Å²) >= 11 is 0. The number of likely N-dealkylation sites (tertiary alicyclic amines) is 1. The summed E-state index contributed by atoms with van der Waals surface area (Å²) in [5.74, 6) is 0.881. The summed E-state index contributed by atoms with van der Waals surface area (Å²) in [6, 6.07) is 0.727. The fourth-order valence-corrected chi connectivity index (χ4v) is 2.02. The average Bonchev–Trinajstić information content (AvgIpc) is 2.05. The molecule has 0 aromatic rings. The van der Waals surface area contributed by atoms with E-state index in [0.717, 1.165) is 12.0 Å². The molecule has 1 saturated heterocycles. The Kier molecular flexibility index (Phi) is 4.02. The van der Waals surface area contributed by atoms with E-state index in [9.17, 15) is 0 Å². The minimum atomic E-state index is 0.727. The Morgan fingerprint density at radius 3 is 2.83 bits per heavy atom. The van der Waals surface area contributed by atoms with Crippen molar-refractivity contribution in [3.8, 4) is 0 Å². The number of nitrogens with one attached hydrogen (secondary N) is 1. The molecule has 1 aliphatic rings. The van der Waals surface area contributed by atoms with Crippen LogP contribution in [-0.4, -0.2) is 37.6 Å². The summed E-state index contributed by atoms with van der Waals surface area (Å²) in [6.07, 6.45) is 2.79. The molecule has 0 amide bonds. The average molecular weight is 170 g/mol. The van der Waals surface area contributed by atoms with Crippen LogP contribution >= 0.6 is 0 Å². The molecule has 0 aromatic heterocycles. The summed E-state index contributed by atoms with van der Waals surface area (Å²) in [7, 11) is 2.05. The highest BCUT2D eigenvalue weighted by atomic mass is 15.2. The summed E-state index contributed by atoms with van der Waals surface area (Å²) in [6.45, 7) is 8.36. The molecule has 1 rings (SSSR count). The van der Waals surface area contributed by atoms with Gasteiger partial charge in [-0.1, -0.05) is 0 Å². The predicted molar refractivity (Wildman–Crippen MR) is 53.4 cm³/mol. The maximum Gasteiger partial charge on any atom is 0.00387 e. The second-order valence-electron chi connectivity index (χ2n) is 4.15. The molecule has 1 atom stereocenters. The lowest BCUT2D eigenvalue weighted by Gasteiger charge is -2.35. The molecule has 0 spiro atoms. The fourth-order valence-electron chi connectivity index (χ4n) is 2.02. The zero-order chi connectivity index (χ0) is 8.97. The Morgan fingerprint density at radius 1 is 1.50 bits per heavy atom. The highest BCUT2D eigenvalue weighted by Crippen LogP contribution is 2.17. The molecule has 1 aliphatic heterocycles. The van der Waals surface area contributed by atoms with Crippen LogP contribution in [0.1, 0.15) is 26.7 Å². The van der Waals surface area contributed by atoms with Crippen LogP contribution in [0, 0.1) is 5.92 Å². The third kappa shape index (κ3) is 2.76. The van der Waals surface area contributed by atoms with E-state index < -0.39 is 0 Å². The number of hydrogen-bond acceptors (Lipinski definition) is 2. The van der Waals surface area contributed by atoms with Crippen molar-refractivity contribution in [2.45, 2.75) is 32.7 Å². The molecule has 0 radical (unpaired) electrons. The normalized spacial score (nSPS) is 26.5. The lowest BCUT2D eigenvalue weighted by atomic mass is 9.97. The second-order valence-corrected chi connectivity index (χ2v) is 4.15. The number of hydrogen-bond donors (Lipinski definition) is 1. The van der Waals surface area contributed by atoms with Crippen LogP contribution in [-0.2, 0) is 0 Å². The minimum absolute atomic E-state index is 0.727. The molecule has 1 heterocycles. The Hall–Kier alpha value is -0.0800. The summed E-state index contributed by atoms with van der Waals surface area (Å²) in [5, 5.41) is 3.27. The predicted octanol–water partition coefficient (Wildman–Crippen LogP) is 1.33. The van der Waals surface area contributed by atoms with Crippen LogP contribution in [0.15, 0.2) is 0 Å². The van der Waals surface area contributed by atoms with Crippen molar-refractivity contribution in [2.75, 3.05) is 26.7 Å². The highest BCUT2D eigenvalue weighted by molar-refractivity contribution is 4.75. The van der Waals surface area contributed by atoms with Gasteiger partial charge >= 0.3 is 0 Å². The van der Waals surface area contributed by atoms with E-state index in [1.807, 2.05) is 7.05 Å². The smallest absolute Gasteiger partial charge is 0.00387 e. The molecule has 1 unspecified atom stereocenters. The second kappa shape index (κ2) is 4.83. The lowest BCUT2D eigenvalue weighted by molar-refractivity contribution is 0.140. The van der Waals surface area contributed by atoms with Gasteiger partial charge in [0.05, 0.1) is 0 Å². The zero-order valence-corrected chi connectivity index (χ0v) is 8.64. The van der Waals surface area contributed by atoms with Crippen molar-refractivity contribution >= 4 is 0 Å². The van der Waals surface area contributed by atoms with Gasteiger partial charge in [0, 0.05) is 12.6 Å². The van der Waals surface area contributed by atoms with E-state index in [4.69, 9.17) is 0 Å². The first-order chi connectivity index (χ1) is 5.74. The van der Waals surface area contributed by atoms with Crippen LogP contribution in [0.5, 0.6) is 0 Å². The molecule has 0 aromatic carbocycles. The Balaban J connectivity index is 2.30. The Bertz CT molecular complexity index is 121. The minimum Gasteiger partial charge on any atom is -0.319 e. The van der Waals surface area contributed by atoms with Crippen molar-refractivity contribution in [3.05, 3.63) is 0 Å². The van der Waals surface area contributed by atoms with Gasteiger partial charge in [0.25, 0.3) is 0 Å². The third-order valence-corrected chi connectivity index (χ3v) is 2.77. The molecule has 2 nitrogen and oxygen atoms in total. The molecular weight excluding hydrogens is 148 g/mol. The SMILES string of the molecule is CNCC1CCCN(C(C)C)C1. The van der Waals surface area contributed by atoms with Gasteiger partial charge < -0.3 is 10.2 Å². The standard InChI is InChI=1S/C10H22N2/c1-9(2)12-6-4-5-10(8-12)7-11-3/h9-11H,4-8H2,1-3H3. The van der Waals surface area contributed by atoms with E-state index in [0.29, 0.717) is 0 Å². The van der Waals surface area contributed by atoms with Crippen LogP contribution in [0.2, 0.25) is 0 Å². The first-order valence-corrected chi connectivity index (χ1v) is 5.12. The molecule has 1 N–H and O–H groups in total. The first-order valence-electron chi connectivity index (χ1n) is 5.12. The summed E-state index contributed by atoms with van der Waals surface area (Å²) < 4.78 is 0. The van der Waals surface area contributed by atoms with Gasteiger partial charge in [-0.25, -0.2) is 0 Å². The maximum atomic E-state index is 3.27.